The second-order valence-corrected chi connectivity index (χ2v) is 6.16. The van der Waals surface area contributed by atoms with Gasteiger partial charge in [0, 0.05) is 5.56 Å². The number of aryl methyl sites for hydroxylation is 1. The monoisotopic (exact) mass is 308 g/mol. The molecule has 0 aromatic heterocycles. The quantitative estimate of drug-likeness (QED) is 0.905. The minimum absolute atomic E-state index is 0.00280. The van der Waals surface area contributed by atoms with Crippen molar-refractivity contribution in [2.24, 2.45) is 5.73 Å². The molecule has 3 N–H and O–H groups in total. The molecule has 0 radical (unpaired) electrons. The lowest BCUT2D eigenvalue weighted by molar-refractivity contribution is 0.100. The highest BCUT2D eigenvalue weighted by Crippen LogP contribution is 2.20. The average molecular weight is 308 g/mol. The molecule has 5 nitrogen and oxygen atoms in total. The Labute approximate surface area is 121 Å². The van der Waals surface area contributed by atoms with Crippen molar-refractivity contribution in [3.63, 3.8) is 0 Å². The van der Waals surface area contributed by atoms with Gasteiger partial charge in [0.05, 0.1) is 10.6 Å². The van der Waals surface area contributed by atoms with Gasteiger partial charge in [0.25, 0.3) is 10.0 Å². The molecule has 2 aromatic rings. The molecule has 0 atom stereocenters. The van der Waals surface area contributed by atoms with E-state index < -0.39 is 21.7 Å². The molecule has 7 heteroatoms. The largest absolute Gasteiger partial charge is 0.366 e. The summed E-state index contributed by atoms with van der Waals surface area (Å²) in [4.78, 5) is 11.1. The van der Waals surface area contributed by atoms with Crippen LogP contribution in [0, 0.1) is 12.7 Å². The van der Waals surface area contributed by atoms with Crippen LogP contribution < -0.4 is 10.5 Å². The number of sulfonamides is 1. The molecule has 1 amide bonds. The molecule has 0 fully saturated rings. The molecule has 0 heterocycles. The molecule has 110 valence electrons. The first-order chi connectivity index (χ1) is 9.79. The lowest BCUT2D eigenvalue weighted by atomic mass is 10.2. The molecule has 2 aromatic carbocycles. The van der Waals surface area contributed by atoms with Crippen molar-refractivity contribution in [2.45, 2.75) is 11.8 Å². The van der Waals surface area contributed by atoms with Crippen LogP contribution in [0.2, 0.25) is 0 Å². The Morgan fingerprint density at radius 2 is 1.76 bits per heavy atom. The predicted octanol–water partition coefficient (Wildman–Crippen LogP) is 2.03. The van der Waals surface area contributed by atoms with Gasteiger partial charge in [-0.25, -0.2) is 12.8 Å². The Balaban J connectivity index is 2.38. The van der Waals surface area contributed by atoms with Crippen LogP contribution in [0.15, 0.2) is 47.4 Å². The van der Waals surface area contributed by atoms with Crippen molar-refractivity contribution in [2.75, 3.05) is 4.72 Å². The number of hydrogen-bond acceptors (Lipinski definition) is 3. The van der Waals surface area contributed by atoms with Gasteiger partial charge in [0.2, 0.25) is 5.91 Å². The van der Waals surface area contributed by atoms with Crippen molar-refractivity contribution in [1.29, 1.82) is 0 Å². The Morgan fingerprint density at radius 1 is 1.14 bits per heavy atom. The maximum Gasteiger partial charge on any atom is 0.261 e. The number of carbonyl (C=O) groups excluding carboxylic acids is 1. The minimum atomic E-state index is -3.94. The van der Waals surface area contributed by atoms with E-state index in [2.05, 4.69) is 4.72 Å². The SMILES string of the molecule is Cc1ccc(S(=O)(=O)Nc2cc(C(N)=O)ccc2F)cc1. The van der Waals surface area contributed by atoms with E-state index in [0.29, 0.717) is 0 Å². The summed E-state index contributed by atoms with van der Waals surface area (Å²) >= 11 is 0. The van der Waals surface area contributed by atoms with Crippen LogP contribution in [0.3, 0.4) is 0 Å². The number of benzene rings is 2. The Morgan fingerprint density at radius 3 is 2.33 bits per heavy atom. The molecule has 21 heavy (non-hydrogen) atoms. The predicted molar refractivity (Wildman–Crippen MR) is 76.9 cm³/mol. The number of amides is 1. The van der Waals surface area contributed by atoms with Gasteiger partial charge < -0.3 is 5.73 Å². The van der Waals surface area contributed by atoms with Crippen LogP contribution in [0.1, 0.15) is 15.9 Å². The summed E-state index contributed by atoms with van der Waals surface area (Å²) in [6.45, 7) is 1.82. The second kappa shape index (κ2) is 5.53. The molecule has 0 aliphatic heterocycles. The zero-order valence-electron chi connectivity index (χ0n) is 11.1. The number of carbonyl (C=O) groups is 1. The van der Waals surface area contributed by atoms with Crippen LogP contribution >= 0.6 is 0 Å². The maximum atomic E-state index is 13.7. The number of primary amides is 1. The van der Waals surface area contributed by atoms with E-state index in [1.165, 1.54) is 18.2 Å². The van der Waals surface area contributed by atoms with E-state index in [-0.39, 0.29) is 16.1 Å². The first-order valence-corrected chi connectivity index (χ1v) is 7.47. The summed E-state index contributed by atoms with van der Waals surface area (Å²) in [6, 6.07) is 9.30. The van der Waals surface area contributed by atoms with Crippen molar-refractivity contribution in [3.05, 3.63) is 59.4 Å². The molecule has 0 saturated heterocycles. The third-order valence-electron chi connectivity index (χ3n) is 2.83. The zero-order chi connectivity index (χ0) is 15.6. The topological polar surface area (TPSA) is 89.3 Å². The summed E-state index contributed by atoms with van der Waals surface area (Å²) in [5.74, 6) is -1.57. The minimum Gasteiger partial charge on any atom is -0.366 e. The highest BCUT2D eigenvalue weighted by Gasteiger charge is 2.17. The third kappa shape index (κ3) is 3.38. The number of rotatable bonds is 4. The van der Waals surface area contributed by atoms with Gasteiger partial charge in [0.1, 0.15) is 5.82 Å². The maximum absolute atomic E-state index is 13.7. The fourth-order valence-corrected chi connectivity index (χ4v) is 2.74. The highest BCUT2D eigenvalue weighted by molar-refractivity contribution is 7.92. The van der Waals surface area contributed by atoms with E-state index in [1.54, 1.807) is 12.1 Å². The van der Waals surface area contributed by atoms with Crippen LogP contribution in [-0.4, -0.2) is 14.3 Å². The molecule has 0 aliphatic rings. The van der Waals surface area contributed by atoms with Gasteiger partial charge in [-0.2, -0.15) is 0 Å². The summed E-state index contributed by atoms with van der Waals surface area (Å²) in [5, 5.41) is 0. The summed E-state index contributed by atoms with van der Waals surface area (Å²) < 4.78 is 40.1. The molecule has 0 saturated carbocycles. The van der Waals surface area contributed by atoms with E-state index in [0.717, 1.165) is 17.7 Å². The molecule has 0 bridgehead atoms. The van der Waals surface area contributed by atoms with Crippen molar-refractivity contribution >= 4 is 21.6 Å². The second-order valence-electron chi connectivity index (χ2n) is 4.48. The molecular weight excluding hydrogens is 295 g/mol. The Kier molecular flexibility index (Phi) is 3.95. The van der Waals surface area contributed by atoms with Gasteiger partial charge in [-0.15, -0.1) is 0 Å². The normalized spacial score (nSPS) is 11.1. The first kappa shape index (κ1) is 15.0. The fourth-order valence-electron chi connectivity index (χ4n) is 1.68. The number of hydrogen-bond donors (Lipinski definition) is 2. The van der Waals surface area contributed by atoms with Crippen LogP contribution in [0.4, 0.5) is 10.1 Å². The number of nitrogens with two attached hydrogens (primary N) is 1. The fraction of sp³-hybridized carbons (Fsp3) is 0.0714. The van der Waals surface area contributed by atoms with Crippen molar-refractivity contribution in [3.8, 4) is 0 Å². The van der Waals surface area contributed by atoms with Gasteiger partial charge in [0.15, 0.2) is 0 Å². The lowest BCUT2D eigenvalue weighted by Crippen LogP contribution is -2.16. The molecule has 0 spiro atoms. The summed E-state index contributed by atoms with van der Waals surface area (Å²) in [7, 11) is -3.94. The van der Waals surface area contributed by atoms with Gasteiger partial charge >= 0.3 is 0 Å². The van der Waals surface area contributed by atoms with Crippen molar-refractivity contribution in [1.82, 2.24) is 0 Å². The van der Waals surface area contributed by atoms with Gasteiger partial charge in [-0.05, 0) is 37.3 Å². The van der Waals surface area contributed by atoms with E-state index in [4.69, 9.17) is 5.73 Å². The van der Waals surface area contributed by atoms with E-state index in [1.807, 2.05) is 6.92 Å². The van der Waals surface area contributed by atoms with Gasteiger partial charge in [-0.3, -0.25) is 9.52 Å². The zero-order valence-corrected chi connectivity index (χ0v) is 11.9. The number of halogens is 1. The summed E-state index contributed by atoms with van der Waals surface area (Å²) in [6.07, 6.45) is 0. The standard InChI is InChI=1S/C14H13FN2O3S/c1-9-2-5-11(6-3-9)21(19,20)17-13-8-10(14(16)18)4-7-12(13)15/h2-8,17H,1H3,(H2,16,18). The van der Waals surface area contributed by atoms with Crippen LogP contribution in [0.25, 0.3) is 0 Å². The van der Waals surface area contributed by atoms with Gasteiger partial charge in [-0.1, -0.05) is 17.7 Å². The number of nitrogens with one attached hydrogen (secondary N) is 1. The van der Waals surface area contributed by atoms with Crippen LogP contribution in [-0.2, 0) is 10.0 Å². The average Bonchev–Trinajstić information content (AvgIpc) is 2.41. The lowest BCUT2D eigenvalue weighted by Gasteiger charge is -2.10. The smallest absolute Gasteiger partial charge is 0.261 e. The highest BCUT2D eigenvalue weighted by atomic mass is 32.2. The molecule has 0 unspecified atom stereocenters. The van der Waals surface area contributed by atoms with E-state index in [9.17, 15) is 17.6 Å². The summed E-state index contributed by atoms with van der Waals surface area (Å²) in [5.41, 5.74) is 5.67. The third-order valence-corrected chi connectivity index (χ3v) is 4.21. The van der Waals surface area contributed by atoms with E-state index >= 15 is 0 Å². The Hall–Kier alpha value is -2.41. The van der Waals surface area contributed by atoms with Crippen molar-refractivity contribution < 1.29 is 17.6 Å². The molecule has 2 rings (SSSR count). The molecule has 0 aliphatic carbocycles. The first-order valence-electron chi connectivity index (χ1n) is 5.98. The molecular formula is C14H13FN2O3S. The van der Waals surface area contributed by atoms with Crippen LogP contribution in [0.5, 0.6) is 0 Å². The Bertz CT molecular complexity index is 786. The number of anilines is 1.